The summed E-state index contributed by atoms with van der Waals surface area (Å²) in [6.07, 6.45) is 0. The van der Waals surface area contributed by atoms with Gasteiger partial charge in [0.1, 0.15) is 0 Å². The maximum Gasteiger partial charge on any atom is 0.215 e. The van der Waals surface area contributed by atoms with Gasteiger partial charge in [0.25, 0.3) is 0 Å². The van der Waals surface area contributed by atoms with Gasteiger partial charge in [-0.2, -0.15) is 4.98 Å². The molecule has 72 valence electrons. The lowest BCUT2D eigenvalue weighted by Crippen LogP contribution is -1.95. The van der Waals surface area contributed by atoms with Crippen molar-refractivity contribution in [3.63, 3.8) is 0 Å². The van der Waals surface area contributed by atoms with E-state index >= 15 is 0 Å². The molecule has 0 saturated carbocycles. The highest BCUT2D eigenvalue weighted by atomic mass is 32.2. The van der Waals surface area contributed by atoms with Crippen molar-refractivity contribution in [3.8, 4) is 5.88 Å². The molecule has 1 N–H and O–H groups in total. The van der Waals surface area contributed by atoms with Crippen LogP contribution in [0, 0.1) is 6.92 Å². The van der Waals surface area contributed by atoms with Gasteiger partial charge in [-0.15, -0.1) is 0 Å². The number of hydrogen-bond donors (Lipinski definition) is 1. The van der Waals surface area contributed by atoms with E-state index in [2.05, 4.69) is 9.97 Å². The largest absolute Gasteiger partial charge is 0.493 e. The van der Waals surface area contributed by atoms with E-state index in [4.69, 9.17) is 9.84 Å². The average molecular weight is 200 g/mol. The number of thioether (sulfide) groups is 1. The quantitative estimate of drug-likeness (QED) is 0.450. The van der Waals surface area contributed by atoms with Crippen molar-refractivity contribution in [3.05, 3.63) is 11.8 Å². The monoisotopic (exact) mass is 200 g/mol. The second-order valence-electron chi connectivity index (χ2n) is 2.49. The molecule has 5 heteroatoms. The maximum absolute atomic E-state index is 9.15. The minimum atomic E-state index is 0.0208. The van der Waals surface area contributed by atoms with Crippen molar-refractivity contribution in [1.82, 2.24) is 9.97 Å². The van der Waals surface area contributed by atoms with Crippen LogP contribution in [0.5, 0.6) is 5.88 Å². The van der Waals surface area contributed by atoms with E-state index in [1.165, 1.54) is 17.8 Å². The van der Waals surface area contributed by atoms with Crippen LogP contribution in [0.4, 0.5) is 0 Å². The summed E-state index contributed by atoms with van der Waals surface area (Å²) in [5, 5.41) is 9.75. The van der Waals surface area contributed by atoms with Crippen LogP contribution >= 0.6 is 11.8 Å². The average Bonchev–Trinajstić information content (AvgIpc) is 2.03. The Morgan fingerprint density at radius 3 is 2.92 bits per heavy atom. The number of nitrogens with zero attached hydrogens (tertiary/aromatic N) is 2. The van der Waals surface area contributed by atoms with Crippen LogP contribution in [0.25, 0.3) is 0 Å². The van der Waals surface area contributed by atoms with Crippen LogP contribution in [0.1, 0.15) is 5.69 Å². The summed E-state index contributed by atoms with van der Waals surface area (Å²) in [4.78, 5) is 8.00. The summed E-state index contributed by atoms with van der Waals surface area (Å²) in [5.41, 5.74) is 0.771. The molecule has 1 rings (SSSR count). The van der Waals surface area contributed by atoms with Crippen LogP contribution in [-0.4, -0.2) is 34.5 Å². The molecular formula is C8H12N2O2S. The Bertz CT molecular complexity index is 261. The molecule has 0 aliphatic carbocycles. The third-order valence-electron chi connectivity index (χ3n) is 1.34. The van der Waals surface area contributed by atoms with Gasteiger partial charge in [0.05, 0.1) is 6.61 Å². The highest BCUT2D eigenvalue weighted by molar-refractivity contribution is 7.99. The highest BCUT2D eigenvalue weighted by Crippen LogP contribution is 2.16. The predicted molar refractivity (Wildman–Crippen MR) is 51.0 cm³/mol. The first-order valence-electron chi connectivity index (χ1n) is 3.89. The molecule has 1 heterocycles. The minimum absolute atomic E-state index is 0.0208. The molecule has 0 aliphatic rings. The fraction of sp³-hybridized carbons (Fsp3) is 0.500. The van der Waals surface area contributed by atoms with Gasteiger partial charge in [0, 0.05) is 24.6 Å². The Kier molecular flexibility index (Phi) is 3.98. The summed E-state index contributed by atoms with van der Waals surface area (Å²) >= 11 is 1.47. The van der Waals surface area contributed by atoms with Crippen molar-refractivity contribution >= 4 is 11.8 Å². The molecule has 0 unspecified atom stereocenters. The first kappa shape index (κ1) is 10.3. The second-order valence-corrected chi connectivity index (χ2v) is 3.55. The third-order valence-corrected chi connectivity index (χ3v) is 2.15. The Hall–Kier alpha value is -0.810. The normalized spacial score (nSPS) is 10.3. The van der Waals surface area contributed by atoms with E-state index in [0.29, 0.717) is 11.8 Å². The van der Waals surface area contributed by atoms with Crippen molar-refractivity contribution in [1.29, 1.82) is 0 Å². The lowest BCUT2D eigenvalue weighted by atomic mass is 10.4. The zero-order chi connectivity index (χ0) is 9.68. The fourth-order valence-corrected chi connectivity index (χ4v) is 1.61. The minimum Gasteiger partial charge on any atom is -0.493 e. The topological polar surface area (TPSA) is 55.2 Å². The van der Waals surface area contributed by atoms with Crippen molar-refractivity contribution in [2.24, 2.45) is 0 Å². The lowest BCUT2D eigenvalue weighted by molar-refractivity contribution is 0.218. The van der Waals surface area contributed by atoms with Crippen molar-refractivity contribution in [2.45, 2.75) is 12.1 Å². The molecule has 4 nitrogen and oxygen atoms in total. The second kappa shape index (κ2) is 5.04. The molecule has 0 radical (unpaired) electrons. The molecule has 0 saturated heterocycles. The van der Waals surface area contributed by atoms with Gasteiger partial charge in [0.2, 0.25) is 5.88 Å². The van der Waals surface area contributed by atoms with E-state index in [9.17, 15) is 0 Å². The van der Waals surface area contributed by atoms with E-state index < -0.39 is 0 Å². The first-order chi connectivity index (χ1) is 6.22. The third kappa shape index (κ3) is 3.61. The zero-order valence-electron chi connectivity index (χ0n) is 7.65. The fourth-order valence-electron chi connectivity index (χ4n) is 0.806. The Morgan fingerprint density at radius 2 is 2.31 bits per heavy atom. The summed E-state index contributed by atoms with van der Waals surface area (Å²) in [5.74, 6) is 0.812. The predicted octanol–water partition coefficient (Wildman–Crippen LogP) is 1.23. The van der Waals surface area contributed by atoms with Crippen LogP contribution in [0.3, 0.4) is 0 Å². The SMILES string of the molecule is COCCSc1nc(C)cc(O)n1. The number of aromatic nitrogens is 2. The molecule has 0 aliphatic heterocycles. The maximum atomic E-state index is 9.15. The molecule has 0 spiro atoms. The Morgan fingerprint density at radius 1 is 1.54 bits per heavy atom. The van der Waals surface area contributed by atoms with Crippen molar-refractivity contribution < 1.29 is 9.84 Å². The summed E-state index contributed by atoms with van der Waals surface area (Å²) in [7, 11) is 1.65. The van der Waals surface area contributed by atoms with E-state index in [0.717, 1.165) is 11.4 Å². The van der Waals surface area contributed by atoms with Gasteiger partial charge < -0.3 is 9.84 Å². The van der Waals surface area contributed by atoms with Gasteiger partial charge in [-0.1, -0.05) is 11.8 Å². The van der Waals surface area contributed by atoms with Crippen LogP contribution in [-0.2, 0) is 4.74 Å². The van der Waals surface area contributed by atoms with E-state index in [1.807, 2.05) is 6.92 Å². The summed E-state index contributed by atoms with van der Waals surface area (Å²) in [6, 6.07) is 1.53. The molecule has 13 heavy (non-hydrogen) atoms. The standard InChI is InChI=1S/C8H12N2O2S/c1-6-5-7(11)10-8(9-6)13-4-3-12-2/h5H,3-4H2,1-2H3,(H,9,10,11). The van der Waals surface area contributed by atoms with E-state index in [-0.39, 0.29) is 5.88 Å². The molecule has 0 atom stereocenters. The highest BCUT2D eigenvalue weighted by Gasteiger charge is 2.00. The van der Waals surface area contributed by atoms with Crippen LogP contribution in [0.2, 0.25) is 0 Å². The number of aromatic hydroxyl groups is 1. The molecular weight excluding hydrogens is 188 g/mol. The number of hydrogen-bond acceptors (Lipinski definition) is 5. The smallest absolute Gasteiger partial charge is 0.215 e. The number of aryl methyl sites for hydroxylation is 1. The molecule has 1 aromatic heterocycles. The summed E-state index contributed by atoms with van der Waals surface area (Å²) < 4.78 is 4.89. The molecule has 0 bridgehead atoms. The number of ether oxygens (including phenoxy) is 1. The van der Waals surface area contributed by atoms with Gasteiger partial charge in [0.15, 0.2) is 5.16 Å². The molecule has 1 aromatic rings. The first-order valence-corrected chi connectivity index (χ1v) is 4.87. The van der Waals surface area contributed by atoms with Crippen LogP contribution < -0.4 is 0 Å². The van der Waals surface area contributed by atoms with Crippen LogP contribution in [0.15, 0.2) is 11.2 Å². The molecule has 0 fully saturated rings. The van der Waals surface area contributed by atoms with Gasteiger partial charge in [-0.05, 0) is 6.92 Å². The molecule has 0 amide bonds. The summed E-state index contributed by atoms with van der Waals surface area (Å²) in [6.45, 7) is 2.48. The number of methoxy groups -OCH3 is 1. The lowest BCUT2D eigenvalue weighted by Gasteiger charge is -2.00. The number of rotatable bonds is 4. The van der Waals surface area contributed by atoms with Gasteiger partial charge in [-0.25, -0.2) is 4.98 Å². The van der Waals surface area contributed by atoms with Gasteiger partial charge in [-0.3, -0.25) is 0 Å². The molecule has 0 aromatic carbocycles. The van der Waals surface area contributed by atoms with E-state index in [1.54, 1.807) is 7.11 Å². The van der Waals surface area contributed by atoms with Gasteiger partial charge >= 0.3 is 0 Å². The van der Waals surface area contributed by atoms with Crippen molar-refractivity contribution in [2.75, 3.05) is 19.5 Å². The Labute approximate surface area is 81.4 Å². The zero-order valence-corrected chi connectivity index (χ0v) is 8.47. The Balaban J connectivity index is 2.56.